The fourth-order valence-corrected chi connectivity index (χ4v) is 6.99. The minimum absolute atomic E-state index is 0.00725. The lowest BCUT2D eigenvalue weighted by atomic mass is 10.3. The van der Waals surface area contributed by atoms with Gasteiger partial charge in [-0.1, -0.05) is 17.7 Å². The largest absolute Gasteiger partial charge is 0.495 e. The van der Waals surface area contributed by atoms with Crippen molar-refractivity contribution >= 4 is 42.8 Å². The maximum atomic E-state index is 13.6. The van der Waals surface area contributed by atoms with Gasteiger partial charge in [0, 0.05) is 16.4 Å². The molecule has 11 heteroatoms. The van der Waals surface area contributed by atoms with Crippen LogP contribution in [-0.2, 0) is 19.9 Å². The number of rotatable bonds is 8. The van der Waals surface area contributed by atoms with Gasteiger partial charge >= 0.3 is 0 Å². The number of thiophene rings is 1. The lowest BCUT2D eigenvalue weighted by Gasteiger charge is -2.18. The summed E-state index contributed by atoms with van der Waals surface area (Å²) in [5.74, 6) is -0.822. The highest BCUT2D eigenvalue weighted by atomic mass is 35.5. The van der Waals surface area contributed by atoms with Crippen LogP contribution in [0.25, 0.3) is 0 Å². The first-order valence-corrected chi connectivity index (χ1v) is 12.8. The van der Waals surface area contributed by atoms with E-state index in [1.165, 1.54) is 48.8 Å². The molecule has 2 aromatic carbocycles. The Morgan fingerprint density at radius 3 is 2.40 bits per heavy atom. The maximum Gasteiger partial charge on any atom is 0.244 e. The quantitative estimate of drug-likeness (QED) is 0.515. The first-order valence-electron chi connectivity index (χ1n) is 8.51. The number of hydrogen-bond donors (Lipinski definition) is 1. The van der Waals surface area contributed by atoms with Crippen molar-refractivity contribution in [1.29, 1.82) is 0 Å². The van der Waals surface area contributed by atoms with Crippen LogP contribution in [0.4, 0.5) is 4.39 Å². The number of benzene rings is 2. The number of halogens is 2. The third kappa shape index (κ3) is 4.84. The first-order chi connectivity index (χ1) is 14.1. The van der Waals surface area contributed by atoms with E-state index in [0.29, 0.717) is 9.90 Å². The van der Waals surface area contributed by atoms with Gasteiger partial charge < -0.3 is 4.74 Å². The predicted molar refractivity (Wildman–Crippen MR) is 114 cm³/mol. The van der Waals surface area contributed by atoms with Crippen LogP contribution in [0.1, 0.15) is 10.1 Å². The number of sulfonamides is 1. The molecule has 0 amide bonds. The summed E-state index contributed by atoms with van der Waals surface area (Å²) in [6, 6.07) is 12.0. The molecule has 0 bridgehead atoms. The van der Waals surface area contributed by atoms with Gasteiger partial charge in [0.15, 0.2) is 9.84 Å². The van der Waals surface area contributed by atoms with Crippen molar-refractivity contribution in [3.63, 3.8) is 0 Å². The van der Waals surface area contributed by atoms with Crippen LogP contribution < -0.4 is 9.46 Å². The van der Waals surface area contributed by atoms with Crippen molar-refractivity contribution in [2.75, 3.05) is 13.7 Å². The Bertz CT molecular complexity index is 1230. The smallest absolute Gasteiger partial charge is 0.244 e. The zero-order chi connectivity index (χ0) is 21.9. The summed E-state index contributed by atoms with van der Waals surface area (Å²) < 4.78 is 72.9. The van der Waals surface area contributed by atoms with Gasteiger partial charge in [0.25, 0.3) is 0 Å². The highest BCUT2D eigenvalue weighted by molar-refractivity contribution is 7.92. The molecular weight excluding hydrogens is 473 g/mol. The zero-order valence-electron chi connectivity index (χ0n) is 15.6. The van der Waals surface area contributed by atoms with E-state index >= 15 is 0 Å². The number of sulfone groups is 1. The van der Waals surface area contributed by atoms with Crippen molar-refractivity contribution < 1.29 is 26.0 Å². The van der Waals surface area contributed by atoms with E-state index in [1.807, 2.05) is 0 Å². The summed E-state index contributed by atoms with van der Waals surface area (Å²) in [4.78, 5) is 0.0468. The minimum atomic E-state index is -4.26. The van der Waals surface area contributed by atoms with E-state index in [0.717, 1.165) is 12.1 Å². The van der Waals surface area contributed by atoms with Crippen LogP contribution in [0.3, 0.4) is 0 Å². The van der Waals surface area contributed by atoms with Gasteiger partial charge in [0.05, 0.1) is 12.0 Å². The van der Waals surface area contributed by atoms with E-state index in [1.54, 1.807) is 17.5 Å². The van der Waals surface area contributed by atoms with E-state index < -0.39 is 42.4 Å². The van der Waals surface area contributed by atoms with Crippen LogP contribution >= 0.6 is 22.9 Å². The Morgan fingerprint density at radius 2 is 1.80 bits per heavy atom. The summed E-state index contributed by atoms with van der Waals surface area (Å²) in [7, 11) is -6.95. The Labute approximate surface area is 183 Å². The van der Waals surface area contributed by atoms with Gasteiger partial charge in [-0.25, -0.2) is 25.9 Å². The average Bonchev–Trinajstić information content (AvgIpc) is 3.22. The number of nitrogens with one attached hydrogen (secondary N) is 1. The molecule has 1 aromatic heterocycles. The molecule has 1 unspecified atom stereocenters. The summed E-state index contributed by atoms with van der Waals surface area (Å²) in [5, 5.41) is 0.887. The lowest BCUT2D eigenvalue weighted by Crippen LogP contribution is -2.32. The van der Waals surface area contributed by atoms with Gasteiger partial charge in [-0.3, -0.25) is 0 Å². The molecule has 0 saturated carbocycles. The van der Waals surface area contributed by atoms with E-state index in [2.05, 4.69) is 4.72 Å². The standard InChI is InChI=1S/C19H17ClFNO5S3/c1-27-16-9-6-14(21)11-18(16)30(25,26)22-12-19(17-3-2-10-28-17)29(23,24)15-7-4-13(20)5-8-15/h2-11,19,22H,12H2,1H3. The fourth-order valence-electron chi connectivity index (χ4n) is 2.75. The molecule has 6 nitrogen and oxygen atoms in total. The molecular formula is C19H17ClFNO5S3. The third-order valence-electron chi connectivity index (χ3n) is 4.25. The summed E-state index contributed by atoms with van der Waals surface area (Å²) in [6.07, 6.45) is 0. The van der Waals surface area contributed by atoms with Crippen LogP contribution in [0, 0.1) is 5.82 Å². The van der Waals surface area contributed by atoms with Gasteiger partial charge in [-0.05, 0) is 53.9 Å². The Hall–Kier alpha value is -1.98. The van der Waals surface area contributed by atoms with Crippen molar-refractivity contribution in [3.8, 4) is 5.75 Å². The van der Waals surface area contributed by atoms with Crippen LogP contribution in [0.15, 0.2) is 69.8 Å². The maximum absolute atomic E-state index is 13.6. The van der Waals surface area contributed by atoms with E-state index in [9.17, 15) is 21.2 Å². The first kappa shape index (κ1) is 22.7. The molecule has 1 N–H and O–H groups in total. The second kappa shape index (κ2) is 9.03. The molecule has 0 fully saturated rings. The highest BCUT2D eigenvalue weighted by Crippen LogP contribution is 2.33. The Kier molecular flexibility index (Phi) is 6.83. The molecule has 0 saturated heterocycles. The van der Waals surface area contributed by atoms with Crippen LogP contribution in [-0.4, -0.2) is 30.5 Å². The van der Waals surface area contributed by atoms with E-state index in [4.69, 9.17) is 16.3 Å². The van der Waals surface area contributed by atoms with Gasteiger partial charge in [0.1, 0.15) is 21.7 Å². The van der Waals surface area contributed by atoms with Gasteiger partial charge in [-0.2, -0.15) is 0 Å². The molecule has 3 aromatic rings. The number of hydrogen-bond acceptors (Lipinski definition) is 6. The lowest BCUT2D eigenvalue weighted by molar-refractivity contribution is 0.400. The van der Waals surface area contributed by atoms with Crippen LogP contribution in [0.5, 0.6) is 5.75 Å². The van der Waals surface area contributed by atoms with Gasteiger partial charge in [-0.15, -0.1) is 11.3 Å². The summed E-state index contributed by atoms with van der Waals surface area (Å²) in [6.45, 7) is -0.451. The van der Waals surface area contributed by atoms with Crippen molar-refractivity contribution in [3.05, 3.63) is 75.7 Å². The highest BCUT2D eigenvalue weighted by Gasteiger charge is 2.32. The molecule has 1 atom stereocenters. The molecule has 0 aliphatic rings. The van der Waals surface area contributed by atoms with Gasteiger partial charge in [0.2, 0.25) is 10.0 Å². The number of ether oxygens (including phenoxy) is 1. The SMILES string of the molecule is COc1ccc(F)cc1S(=O)(=O)NCC(c1cccs1)S(=O)(=O)c1ccc(Cl)cc1. The average molecular weight is 490 g/mol. The monoisotopic (exact) mass is 489 g/mol. The zero-order valence-corrected chi connectivity index (χ0v) is 18.8. The fraction of sp³-hybridized carbons (Fsp3) is 0.158. The molecule has 0 aliphatic carbocycles. The molecule has 30 heavy (non-hydrogen) atoms. The Balaban J connectivity index is 1.96. The molecule has 1 heterocycles. The van der Waals surface area contributed by atoms with Crippen molar-refractivity contribution in [2.45, 2.75) is 15.0 Å². The number of methoxy groups -OCH3 is 1. The molecule has 0 spiro atoms. The van der Waals surface area contributed by atoms with E-state index in [-0.39, 0.29) is 10.6 Å². The van der Waals surface area contributed by atoms with Crippen LogP contribution in [0.2, 0.25) is 5.02 Å². The minimum Gasteiger partial charge on any atom is -0.495 e. The topological polar surface area (TPSA) is 89.5 Å². The summed E-state index contributed by atoms with van der Waals surface area (Å²) in [5.41, 5.74) is 0. The molecule has 3 rings (SSSR count). The normalized spacial score (nSPS) is 13.2. The second-order valence-corrected chi connectivity index (χ2v) is 11.4. The summed E-state index contributed by atoms with van der Waals surface area (Å²) >= 11 is 7.03. The van der Waals surface area contributed by atoms with Crippen molar-refractivity contribution in [2.24, 2.45) is 0 Å². The molecule has 0 aliphatic heterocycles. The third-order valence-corrected chi connectivity index (χ3v) is 9.18. The predicted octanol–water partition coefficient (Wildman–Crippen LogP) is 4.04. The molecule has 160 valence electrons. The molecule has 0 radical (unpaired) electrons. The second-order valence-electron chi connectivity index (χ2n) is 6.15. The Morgan fingerprint density at radius 1 is 1.10 bits per heavy atom. The van der Waals surface area contributed by atoms with Crippen molar-refractivity contribution in [1.82, 2.24) is 4.72 Å².